The second-order valence-electron chi connectivity index (χ2n) is 13.7. The molecule has 43 heavy (non-hydrogen) atoms. The third kappa shape index (κ3) is 13.9. The van der Waals surface area contributed by atoms with Gasteiger partial charge in [0.2, 0.25) is 0 Å². The molecule has 0 aliphatic carbocycles. The first-order valence-electron chi connectivity index (χ1n) is 18.1. The van der Waals surface area contributed by atoms with E-state index in [4.69, 9.17) is 14.2 Å². The number of esters is 1. The Morgan fingerprint density at radius 3 is 1.79 bits per heavy atom. The van der Waals surface area contributed by atoms with Crippen LogP contribution in [0.1, 0.15) is 162 Å². The SMILES string of the molecule is CCCCCCCCC[C@@H](O)[C@@H]1CC[C@@H]([C@@H](O)CC[C@H](O)[C@@H]2CC[C@@H](CCCCCCCCCC3=C[C@H](C)OC3=O)O2)O1. The van der Waals surface area contributed by atoms with Crippen molar-refractivity contribution >= 4 is 5.97 Å². The largest absolute Gasteiger partial charge is 0.455 e. The second-order valence-corrected chi connectivity index (χ2v) is 13.7. The van der Waals surface area contributed by atoms with Crippen LogP contribution in [0, 0.1) is 0 Å². The lowest BCUT2D eigenvalue weighted by Gasteiger charge is -2.24. The Bertz CT molecular complexity index is 786. The van der Waals surface area contributed by atoms with Crippen molar-refractivity contribution in [3.8, 4) is 0 Å². The summed E-state index contributed by atoms with van der Waals surface area (Å²) in [6.45, 7) is 4.14. The van der Waals surface area contributed by atoms with Gasteiger partial charge >= 0.3 is 5.97 Å². The van der Waals surface area contributed by atoms with Crippen molar-refractivity contribution in [1.82, 2.24) is 0 Å². The molecular formula is C36H64O7. The third-order valence-corrected chi connectivity index (χ3v) is 9.84. The van der Waals surface area contributed by atoms with E-state index < -0.39 is 18.3 Å². The zero-order valence-corrected chi connectivity index (χ0v) is 27.4. The van der Waals surface area contributed by atoms with Gasteiger partial charge in [0.1, 0.15) is 6.10 Å². The van der Waals surface area contributed by atoms with Crippen molar-refractivity contribution in [3.63, 3.8) is 0 Å². The summed E-state index contributed by atoms with van der Waals surface area (Å²) in [5.74, 6) is -0.133. The number of unbranched alkanes of at least 4 members (excludes halogenated alkanes) is 12. The molecule has 8 atom stereocenters. The molecule has 3 N–H and O–H groups in total. The maximum Gasteiger partial charge on any atom is 0.334 e. The molecule has 0 aromatic carbocycles. The van der Waals surface area contributed by atoms with Crippen LogP contribution >= 0.6 is 0 Å². The van der Waals surface area contributed by atoms with Crippen LogP contribution in [0.3, 0.4) is 0 Å². The Balaban J connectivity index is 1.15. The van der Waals surface area contributed by atoms with Crippen LogP contribution in [0.5, 0.6) is 0 Å². The monoisotopic (exact) mass is 608 g/mol. The minimum atomic E-state index is -0.609. The summed E-state index contributed by atoms with van der Waals surface area (Å²) in [6.07, 6.45) is 24.0. The standard InChI is InChI=1S/C36H64O7/c1-3-4-5-6-8-13-16-19-30(37)34-24-25-35(43-34)32(39)22-21-31(38)33-23-20-29(42-33)18-15-12-10-7-9-11-14-17-28-26-27(2)41-36(28)40/h26-27,29-35,37-39H,3-25H2,1-2H3/t27-,29+,30+,31-,32-,33-,34-,35-/m0/s1. The maximum absolute atomic E-state index is 11.6. The van der Waals surface area contributed by atoms with Gasteiger partial charge in [0.05, 0.1) is 42.7 Å². The highest BCUT2D eigenvalue weighted by Crippen LogP contribution is 2.31. The highest BCUT2D eigenvalue weighted by Gasteiger charge is 2.36. The summed E-state index contributed by atoms with van der Waals surface area (Å²) < 4.78 is 17.4. The van der Waals surface area contributed by atoms with Crippen molar-refractivity contribution in [2.45, 2.75) is 210 Å². The molecule has 0 spiro atoms. The van der Waals surface area contributed by atoms with Gasteiger partial charge in [-0.05, 0) is 77.2 Å². The molecule has 2 fully saturated rings. The predicted molar refractivity (Wildman–Crippen MR) is 171 cm³/mol. The van der Waals surface area contributed by atoms with E-state index in [-0.39, 0.29) is 36.5 Å². The van der Waals surface area contributed by atoms with Gasteiger partial charge < -0.3 is 29.5 Å². The van der Waals surface area contributed by atoms with Gasteiger partial charge in [-0.15, -0.1) is 0 Å². The van der Waals surface area contributed by atoms with Crippen LogP contribution < -0.4 is 0 Å². The Labute approximate surface area is 262 Å². The molecule has 0 bridgehead atoms. The van der Waals surface area contributed by atoms with Crippen LogP contribution in [0.4, 0.5) is 0 Å². The van der Waals surface area contributed by atoms with E-state index >= 15 is 0 Å². The average molecular weight is 609 g/mol. The average Bonchev–Trinajstić information content (AvgIpc) is 3.74. The van der Waals surface area contributed by atoms with Gasteiger partial charge in [-0.2, -0.15) is 0 Å². The van der Waals surface area contributed by atoms with Gasteiger partial charge in [-0.25, -0.2) is 4.79 Å². The van der Waals surface area contributed by atoms with Crippen molar-refractivity contribution in [2.24, 2.45) is 0 Å². The number of rotatable bonds is 24. The first-order valence-corrected chi connectivity index (χ1v) is 18.1. The molecule has 0 unspecified atom stereocenters. The molecule has 7 heteroatoms. The highest BCUT2D eigenvalue weighted by molar-refractivity contribution is 5.90. The van der Waals surface area contributed by atoms with Crippen LogP contribution in [-0.2, 0) is 19.0 Å². The molecular weight excluding hydrogens is 544 g/mol. The summed E-state index contributed by atoms with van der Waals surface area (Å²) in [5.41, 5.74) is 0.852. The van der Waals surface area contributed by atoms with Gasteiger partial charge in [-0.3, -0.25) is 0 Å². The molecule has 2 saturated heterocycles. The van der Waals surface area contributed by atoms with Crippen molar-refractivity contribution in [3.05, 3.63) is 11.6 Å². The molecule has 0 amide bonds. The van der Waals surface area contributed by atoms with E-state index in [9.17, 15) is 20.1 Å². The minimum Gasteiger partial charge on any atom is -0.455 e. The predicted octanol–water partition coefficient (Wildman–Crippen LogP) is 7.47. The maximum atomic E-state index is 11.6. The fourth-order valence-electron chi connectivity index (χ4n) is 7.08. The smallest absolute Gasteiger partial charge is 0.334 e. The number of carbonyl (C=O) groups is 1. The van der Waals surface area contributed by atoms with E-state index in [1.54, 1.807) is 0 Å². The molecule has 3 rings (SSSR count). The number of hydrogen-bond donors (Lipinski definition) is 3. The summed E-state index contributed by atoms with van der Waals surface area (Å²) in [7, 11) is 0. The van der Waals surface area contributed by atoms with Gasteiger partial charge in [-0.1, -0.05) is 90.4 Å². The first kappa shape index (κ1) is 36.5. The van der Waals surface area contributed by atoms with E-state index in [1.807, 2.05) is 13.0 Å². The van der Waals surface area contributed by atoms with Crippen LogP contribution in [0.15, 0.2) is 11.6 Å². The van der Waals surface area contributed by atoms with E-state index in [2.05, 4.69) is 6.92 Å². The normalized spacial score (nSPS) is 27.8. The lowest BCUT2D eigenvalue weighted by Crippen LogP contribution is -2.33. The minimum absolute atomic E-state index is 0.0616. The molecule has 0 aromatic rings. The first-order chi connectivity index (χ1) is 20.9. The number of aliphatic hydroxyl groups excluding tert-OH is 3. The van der Waals surface area contributed by atoms with Crippen molar-refractivity contribution in [1.29, 1.82) is 0 Å². The molecule has 250 valence electrons. The van der Waals surface area contributed by atoms with Crippen LogP contribution in [0.2, 0.25) is 0 Å². The molecule has 3 aliphatic heterocycles. The topological polar surface area (TPSA) is 105 Å². The molecule has 3 heterocycles. The van der Waals surface area contributed by atoms with E-state index in [0.29, 0.717) is 12.8 Å². The number of aliphatic hydroxyl groups is 3. The number of cyclic esters (lactones) is 1. The summed E-state index contributed by atoms with van der Waals surface area (Å²) in [5, 5.41) is 32.1. The summed E-state index contributed by atoms with van der Waals surface area (Å²) in [4.78, 5) is 11.6. The molecule has 3 aliphatic rings. The zero-order valence-electron chi connectivity index (χ0n) is 27.4. The van der Waals surface area contributed by atoms with Crippen LogP contribution in [-0.4, -0.2) is 70.1 Å². The lowest BCUT2D eigenvalue weighted by molar-refractivity contribution is -0.139. The van der Waals surface area contributed by atoms with Crippen molar-refractivity contribution in [2.75, 3.05) is 0 Å². The Morgan fingerprint density at radius 2 is 1.19 bits per heavy atom. The summed E-state index contributed by atoms with van der Waals surface area (Å²) >= 11 is 0. The summed E-state index contributed by atoms with van der Waals surface area (Å²) in [6, 6.07) is 0. The van der Waals surface area contributed by atoms with Crippen molar-refractivity contribution < 1.29 is 34.3 Å². The van der Waals surface area contributed by atoms with Crippen LogP contribution in [0.25, 0.3) is 0 Å². The third-order valence-electron chi connectivity index (χ3n) is 9.84. The number of hydrogen-bond acceptors (Lipinski definition) is 7. The Morgan fingerprint density at radius 1 is 0.674 bits per heavy atom. The highest BCUT2D eigenvalue weighted by atomic mass is 16.5. The molecule has 0 radical (unpaired) electrons. The quantitative estimate of drug-likeness (QED) is 0.0771. The molecule has 0 aromatic heterocycles. The Kier molecular flexibility index (Phi) is 17.8. The fourth-order valence-corrected chi connectivity index (χ4v) is 7.08. The zero-order chi connectivity index (χ0) is 30.9. The van der Waals surface area contributed by atoms with E-state index in [0.717, 1.165) is 76.2 Å². The van der Waals surface area contributed by atoms with Gasteiger partial charge in [0.15, 0.2) is 0 Å². The number of ether oxygens (including phenoxy) is 3. The van der Waals surface area contributed by atoms with Gasteiger partial charge in [0, 0.05) is 5.57 Å². The molecule has 7 nitrogen and oxygen atoms in total. The second kappa shape index (κ2) is 20.9. The number of carbonyl (C=O) groups excluding carboxylic acids is 1. The molecule has 0 saturated carbocycles. The van der Waals surface area contributed by atoms with Gasteiger partial charge in [0.25, 0.3) is 0 Å². The van der Waals surface area contributed by atoms with E-state index in [1.165, 1.54) is 64.2 Å². The lowest BCUT2D eigenvalue weighted by atomic mass is 9.98. The Hall–Kier alpha value is -0.990. The fraction of sp³-hybridized carbons (Fsp3) is 0.917.